The van der Waals surface area contributed by atoms with Crippen molar-refractivity contribution in [3.05, 3.63) is 0 Å². The SMILES string of the molecule is CC1CCN(C(=O)N2CCNC(=O)C2)C1C(=O)O. The maximum atomic E-state index is 12.2. The molecule has 2 aliphatic heterocycles. The third-order valence-electron chi connectivity index (χ3n) is 3.51. The van der Waals surface area contributed by atoms with Crippen LogP contribution in [0.3, 0.4) is 0 Å². The minimum Gasteiger partial charge on any atom is -0.480 e. The zero-order valence-electron chi connectivity index (χ0n) is 10.3. The Kier molecular flexibility index (Phi) is 3.40. The molecule has 2 unspecified atom stereocenters. The first-order valence-corrected chi connectivity index (χ1v) is 6.05. The number of nitrogens with one attached hydrogen (secondary N) is 1. The van der Waals surface area contributed by atoms with Crippen molar-refractivity contribution in [2.45, 2.75) is 19.4 Å². The van der Waals surface area contributed by atoms with E-state index in [0.29, 0.717) is 26.1 Å². The van der Waals surface area contributed by atoms with Gasteiger partial charge >= 0.3 is 12.0 Å². The second-order valence-electron chi connectivity index (χ2n) is 4.80. The Morgan fingerprint density at radius 2 is 2.11 bits per heavy atom. The number of carboxylic acid groups (broad SMARTS) is 1. The molecule has 0 saturated carbocycles. The van der Waals surface area contributed by atoms with Crippen LogP contribution >= 0.6 is 0 Å². The molecule has 2 saturated heterocycles. The molecular weight excluding hydrogens is 238 g/mol. The lowest BCUT2D eigenvalue weighted by atomic mass is 10.0. The molecule has 0 aromatic carbocycles. The van der Waals surface area contributed by atoms with E-state index >= 15 is 0 Å². The summed E-state index contributed by atoms with van der Waals surface area (Å²) in [5.41, 5.74) is 0. The normalized spacial score (nSPS) is 28.2. The third-order valence-corrected chi connectivity index (χ3v) is 3.51. The van der Waals surface area contributed by atoms with Gasteiger partial charge < -0.3 is 20.2 Å². The summed E-state index contributed by atoms with van der Waals surface area (Å²) in [5.74, 6) is -1.23. The van der Waals surface area contributed by atoms with Crippen LogP contribution in [0.4, 0.5) is 4.79 Å². The molecule has 3 amide bonds. The zero-order chi connectivity index (χ0) is 13.3. The van der Waals surface area contributed by atoms with Crippen molar-refractivity contribution < 1.29 is 19.5 Å². The Morgan fingerprint density at radius 1 is 1.39 bits per heavy atom. The van der Waals surface area contributed by atoms with Gasteiger partial charge in [0.1, 0.15) is 12.6 Å². The van der Waals surface area contributed by atoms with Crippen molar-refractivity contribution in [1.29, 1.82) is 0 Å². The molecule has 2 fully saturated rings. The van der Waals surface area contributed by atoms with E-state index in [-0.39, 0.29) is 24.4 Å². The van der Waals surface area contributed by atoms with Gasteiger partial charge in [-0.3, -0.25) is 4.79 Å². The van der Waals surface area contributed by atoms with Gasteiger partial charge in [-0.15, -0.1) is 0 Å². The van der Waals surface area contributed by atoms with Crippen molar-refractivity contribution in [1.82, 2.24) is 15.1 Å². The van der Waals surface area contributed by atoms with E-state index in [2.05, 4.69) is 5.32 Å². The van der Waals surface area contributed by atoms with Gasteiger partial charge in [0.05, 0.1) is 0 Å². The number of piperazine rings is 1. The molecule has 2 N–H and O–H groups in total. The summed E-state index contributed by atoms with van der Waals surface area (Å²) < 4.78 is 0. The first-order valence-electron chi connectivity index (χ1n) is 6.05. The summed E-state index contributed by atoms with van der Waals surface area (Å²) in [6, 6.07) is -1.12. The molecule has 2 aliphatic rings. The number of carboxylic acids is 1. The number of amides is 3. The fraction of sp³-hybridized carbons (Fsp3) is 0.727. The maximum Gasteiger partial charge on any atom is 0.326 e. The molecule has 100 valence electrons. The van der Waals surface area contributed by atoms with Crippen LogP contribution < -0.4 is 5.32 Å². The summed E-state index contributed by atoms with van der Waals surface area (Å²) >= 11 is 0. The van der Waals surface area contributed by atoms with Gasteiger partial charge in [-0.2, -0.15) is 0 Å². The summed E-state index contributed by atoms with van der Waals surface area (Å²) in [5, 5.41) is 11.8. The molecule has 2 rings (SSSR count). The Labute approximate surface area is 105 Å². The minimum atomic E-state index is -0.977. The number of urea groups is 1. The van der Waals surface area contributed by atoms with E-state index in [1.54, 1.807) is 0 Å². The molecule has 7 nitrogen and oxygen atoms in total. The number of carbonyl (C=O) groups excluding carboxylic acids is 2. The van der Waals surface area contributed by atoms with E-state index in [0.717, 1.165) is 0 Å². The Morgan fingerprint density at radius 3 is 2.72 bits per heavy atom. The molecule has 0 bridgehead atoms. The van der Waals surface area contributed by atoms with Gasteiger partial charge in [-0.05, 0) is 12.3 Å². The van der Waals surface area contributed by atoms with Crippen molar-refractivity contribution >= 4 is 17.9 Å². The molecule has 0 aromatic heterocycles. The van der Waals surface area contributed by atoms with Crippen LogP contribution in [0, 0.1) is 5.92 Å². The Bertz CT molecular complexity index is 384. The molecule has 7 heteroatoms. The maximum absolute atomic E-state index is 12.2. The Balaban J connectivity index is 2.08. The minimum absolute atomic E-state index is 0.00997. The lowest BCUT2D eigenvalue weighted by Gasteiger charge is -2.32. The van der Waals surface area contributed by atoms with Crippen LogP contribution in [-0.2, 0) is 9.59 Å². The van der Waals surface area contributed by atoms with Crippen molar-refractivity contribution in [2.75, 3.05) is 26.2 Å². The fourth-order valence-electron chi connectivity index (χ4n) is 2.52. The van der Waals surface area contributed by atoms with E-state index < -0.39 is 12.0 Å². The van der Waals surface area contributed by atoms with Crippen molar-refractivity contribution in [2.24, 2.45) is 5.92 Å². The first kappa shape index (κ1) is 12.7. The average molecular weight is 255 g/mol. The van der Waals surface area contributed by atoms with E-state index in [9.17, 15) is 14.4 Å². The topological polar surface area (TPSA) is 90.0 Å². The number of likely N-dealkylation sites (tertiary alicyclic amines) is 1. The molecular formula is C11H17N3O4. The standard InChI is InChI=1S/C11H17N3O4/c1-7-2-4-14(9(7)10(16)17)11(18)13-5-3-12-8(15)6-13/h7,9H,2-6H2,1H3,(H,12,15)(H,16,17). The lowest BCUT2D eigenvalue weighted by molar-refractivity contribution is -0.142. The van der Waals surface area contributed by atoms with E-state index in [4.69, 9.17) is 5.11 Å². The van der Waals surface area contributed by atoms with Gasteiger partial charge in [0, 0.05) is 19.6 Å². The number of rotatable bonds is 1. The number of carbonyl (C=O) groups is 3. The second kappa shape index (κ2) is 4.83. The summed E-state index contributed by atoms with van der Waals surface area (Å²) in [6.07, 6.45) is 0.683. The predicted molar refractivity (Wildman–Crippen MR) is 61.9 cm³/mol. The fourth-order valence-corrected chi connectivity index (χ4v) is 2.52. The molecule has 2 atom stereocenters. The smallest absolute Gasteiger partial charge is 0.326 e. The molecule has 18 heavy (non-hydrogen) atoms. The van der Waals surface area contributed by atoms with Crippen LogP contribution in [-0.4, -0.2) is 65.0 Å². The van der Waals surface area contributed by atoms with Gasteiger partial charge in [0.2, 0.25) is 5.91 Å². The number of nitrogens with zero attached hydrogens (tertiary/aromatic N) is 2. The van der Waals surface area contributed by atoms with Gasteiger partial charge in [0.25, 0.3) is 0 Å². The zero-order valence-corrected chi connectivity index (χ0v) is 10.3. The molecule has 0 aliphatic carbocycles. The summed E-state index contributed by atoms with van der Waals surface area (Å²) in [7, 11) is 0. The largest absolute Gasteiger partial charge is 0.480 e. The number of hydrogen-bond donors (Lipinski definition) is 2. The Hall–Kier alpha value is -1.79. The lowest BCUT2D eigenvalue weighted by Crippen LogP contribution is -2.56. The van der Waals surface area contributed by atoms with Gasteiger partial charge in [-0.25, -0.2) is 9.59 Å². The average Bonchev–Trinajstić information content (AvgIpc) is 2.70. The van der Waals surface area contributed by atoms with Crippen LogP contribution in [0.15, 0.2) is 0 Å². The third kappa shape index (κ3) is 2.25. The highest BCUT2D eigenvalue weighted by Gasteiger charge is 2.41. The van der Waals surface area contributed by atoms with Crippen LogP contribution in [0.5, 0.6) is 0 Å². The molecule has 0 aromatic rings. The van der Waals surface area contributed by atoms with Crippen LogP contribution in [0.25, 0.3) is 0 Å². The molecule has 0 radical (unpaired) electrons. The summed E-state index contributed by atoms with van der Waals surface area (Å²) in [6.45, 7) is 3.13. The molecule has 0 spiro atoms. The highest BCUT2D eigenvalue weighted by molar-refractivity contribution is 5.88. The van der Waals surface area contributed by atoms with Crippen LogP contribution in [0.1, 0.15) is 13.3 Å². The highest BCUT2D eigenvalue weighted by Crippen LogP contribution is 2.25. The highest BCUT2D eigenvalue weighted by atomic mass is 16.4. The van der Waals surface area contributed by atoms with E-state index in [1.165, 1.54) is 9.80 Å². The van der Waals surface area contributed by atoms with Crippen LogP contribution in [0.2, 0.25) is 0 Å². The first-order chi connectivity index (χ1) is 8.50. The number of aliphatic carboxylic acids is 1. The number of hydrogen-bond acceptors (Lipinski definition) is 3. The predicted octanol–water partition coefficient (Wildman–Crippen LogP) is -0.667. The van der Waals surface area contributed by atoms with E-state index in [1.807, 2.05) is 6.92 Å². The van der Waals surface area contributed by atoms with Crippen molar-refractivity contribution in [3.63, 3.8) is 0 Å². The second-order valence-corrected chi connectivity index (χ2v) is 4.80. The van der Waals surface area contributed by atoms with Gasteiger partial charge in [-0.1, -0.05) is 6.92 Å². The monoisotopic (exact) mass is 255 g/mol. The molecule has 2 heterocycles. The quantitative estimate of drug-likeness (QED) is 0.650. The van der Waals surface area contributed by atoms with Crippen molar-refractivity contribution in [3.8, 4) is 0 Å². The van der Waals surface area contributed by atoms with Gasteiger partial charge in [0.15, 0.2) is 0 Å². The summed E-state index contributed by atoms with van der Waals surface area (Å²) in [4.78, 5) is 37.4.